The average Bonchev–Trinajstić information content (AvgIpc) is 2.70. The molecule has 0 aliphatic heterocycles. The minimum absolute atomic E-state index is 0.348. The molecule has 3 unspecified atom stereocenters. The normalized spacial score (nSPS) is 26.1. The van der Waals surface area contributed by atoms with Gasteiger partial charge in [0.25, 0.3) is 0 Å². The van der Waals surface area contributed by atoms with Crippen LogP contribution in [0.3, 0.4) is 0 Å². The molecule has 1 aliphatic rings. The van der Waals surface area contributed by atoms with Gasteiger partial charge in [0.15, 0.2) is 0 Å². The predicted octanol–water partition coefficient (Wildman–Crippen LogP) is 3.61. The standard InChI is InChI=1S/C16H25N/c1-11-4-6-13(3)15(9-11)10-16(17)14-7-5-12(2)8-14/h4,6,9,12,14,16H,5,7-8,10,17H2,1-3H3. The van der Waals surface area contributed by atoms with E-state index in [1.54, 1.807) is 0 Å². The lowest BCUT2D eigenvalue weighted by molar-refractivity contribution is 0.415. The van der Waals surface area contributed by atoms with Crippen LogP contribution in [0.5, 0.6) is 0 Å². The van der Waals surface area contributed by atoms with Gasteiger partial charge in [-0.2, -0.15) is 0 Å². The predicted molar refractivity (Wildman–Crippen MR) is 74.1 cm³/mol. The molecule has 0 saturated heterocycles. The van der Waals surface area contributed by atoms with Crippen molar-refractivity contribution in [2.45, 2.75) is 52.5 Å². The van der Waals surface area contributed by atoms with Gasteiger partial charge in [0, 0.05) is 6.04 Å². The molecule has 1 nitrogen and oxygen atoms in total. The zero-order valence-electron chi connectivity index (χ0n) is 11.4. The van der Waals surface area contributed by atoms with Crippen molar-refractivity contribution in [3.8, 4) is 0 Å². The summed E-state index contributed by atoms with van der Waals surface area (Å²) in [5.41, 5.74) is 10.6. The topological polar surface area (TPSA) is 26.0 Å². The molecule has 1 fully saturated rings. The molecule has 1 aromatic rings. The molecule has 0 heterocycles. The molecule has 0 radical (unpaired) electrons. The molecule has 1 aromatic carbocycles. The summed E-state index contributed by atoms with van der Waals surface area (Å²) < 4.78 is 0. The van der Waals surface area contributed by atoms with Gasteiger partial charge < -0.3 is 5.73 Å². The molecule has 1 saturated carbocycles. The van der Waals surface area contributed by atoms with Crippen molar-refractivity contribution in [1.29, 1.82) is 0 Å². The Labute approximate surface area is 105 Å². The van der Waals surface area contributed by atoms with Crippen molar-refractivity contribution in [2.75, 3.05) is 0 Å². The zero-order chi connectivity index (χ0) is 12.4. The van der Waals surface area contributed by atoms with E-state index in [2.05, 4.69) is 39.0 Å². The Hall–Kier alpha value is -0.820. The monoisotopic (exact) mass is 231 g/mol. The summed E-state index contributed by atoms with van der Waals surface area (Å²) in [7, 11) is 0. The number of aryl methyl sites for hydroxylation is 2. The second-order valence-corrected chi connectivity index (χ2v) is 5.98. The first-order valence-electron chi connectivity index (χ1n) is 6.88. The smallest absolute Gasteiger partial charge is 0.0108 e. The summed E-state index contributed by atoms with van der Waals surface area (Å²) in [6.07, 6.45) is 5.06. The van der Waals surface area contributed by atoms with E-state index in [9.17, 15) is 0 Å². The first-order chi connectivity index (χ1) is 8.06. The molecule has 0 amide bonds. The maximum Gasteiger partial charge on any atom is 0.0108 e. The molecule has 2 N–H and O–H groups in total. The van der Waals surface area contributed by atoms with Crippen molar-refractivity contribution in [2.24, 2.45) is 17.6 Å². The third kappa shape index (κ3) is 3.10. The average molecular weight is 231 g/mol. The fourth-order valence-corrected chi connectivity index (χ4v) is 3.08. The van der Waals surface area contributed by atoms with Crippen LogP contribution in [-0.2, 0) is 6.42 Å². The van der Waals surface area contributed by atoms with E-state index in [0.29, 0.717) is 6.04 Å². The van der Waals surface area contributed by atoms with Gasteiger partial charge in [0.2, 0.25) is 0 Å². The van der Waals surface area contributed by atoms with Crippen molar-refractivity contribution < 1.29 is 0 Å². The van der Waals surface area contributed by atoms with Crippen LogP contribution in [0.4, 0.5) is 0 Å². The third-order valence-electron chi connectivity index (χ3n) is 4.30. The van der Waals surface area contributed by atoms with Gasteiger partial charge in [0.05, 0.1) is 0 Å². The fourth-order valence-electron chi connectivity index (χ4n) is 3.08. The fraction of sp³-hybridized carbons (Fsp3) is 0.625. The van der Waals surface area contributed by atoms with Crippen LogP contribution in [0.15, 0.2) is 18.2 Å². The molecule has 2 rings (SSSR count). The summed E-state index contributed by atoms with van der Waals surface area (Å²) in [4.78, 5) is 0. The molecular weight excluding hydrogens is 206 g/mol. The van der Waals surface area contributed by atoms with E-state index in [1.165, 1.54) is 36.0 Å². The van der Waals surface area contributed by atoms with Gasteiger partial charge >= 0.3 is 0 Å². The minimum Gasteiger partial charge on any atom is -0.327 e. The van der Waals surface area contributed by atoms with Gasteiger partial charge in [-0.1, -0.05) is 37.1 Å². The van der Waals surface area contributed by atoms with E-state index in [4.69, 9.17) is 5.73 Å². The summed E-state index contributed by atoms with van der Waals surface area (Å²) in [5, 5.41) is 0. The lowest BCUT2D eigenvalue weighted by Gasteiger charge is -2.20. The zero-order valence-corrected chi connectivity index (χ0v) is 11.4. The molecule has 1 aliphatic carbocycles. The van der Waals surface area contributed by atoms with Crippen molar-refractivity contribution >= 4 is 0 Å². The highest BCUT2D eigenvalue weighted by Gasteiger charge is 2.26. The molecular formula is C16H25N. The van der Waals surface area contributed by atoms with Crippen LogP contribution in [0.2, 0.25) is 0 Å². The Morgan fingerprint density at radius 1 is 1.29 bits per heavy atom. The lowest BCUT2D eigenvalue weighted by atomic mass is 9.90. The van der Waals surface area contributed by atoms with Crippen molar-refractivity contribution in [3.05, 3.63) is 34.9 Å². The minimum atomic E-state index is 0.348. The maximum absolute atomic E-state index is 6.39. The quantitative estimate of drug-likeness (QED) is 0.845. The van der Waals surface area contributed by atoms with Crippen LogP contribution in [0.1, 0.15) is 42.9 Å². The molecule has 1 heteroatoms. The van der Waals surface area contributed by atoms with Crippen LogP contribution in [0.25, 0.3) is 0 Å². The first kappa shape index (κ1) is 12.6. The van der Waals surface area contributed by atoms with Crippen molar-refractivity contribution in [3.63, 3.8) is 0 Å². The van der Waals surface area contributed by atoms with Gasteiger partial charge in [-0.3, -0.25) is 0 Å². The van der Waals surface area contributed by atoms with Gasteiger partial charge in [0.1, 0.15) is 0 Å². The van der Waals surface area contributed by atoms with E-state index in [0.717, 1.165) is 18.3 Å². The Balaban J connectivity index is 2.02. The van der Waals surface area contributed by atoms with Crippen LogP contribution in [-0.4, -0.2) is 6.04 Å². The second kappa shape index (κ2) is 5.22. The largest absolute Gasteiger partial charge is 0.327 e. The molecule has 0 spiro atoms. The summed E-state index contributed by atoms with van der Waals surface area (Å²) in [6.45, 7) is 6.70. The summed E-state index contributed by atoms with van der Waals surface area (Å²) >= 11 is 0. The molecule has 0 bridgehead atoms. The molecule has 94 valence electrons. The Morgan fingerprint density at radius 2 is 2.06 bits per heavy atom. The van der Waals surface area contributed by atoms with Crippen LogP contribution >= 0.6 is 0 Å². The van der Waals surface area contributed by atoms with E-state index in [-0.39, 0.29) is 0 Å². The molecule has 17 heavy (non-hydrogen) atoms. The summed E-state index contributed by atoms with van der Waals surface area (Å²) in [6, 6.07) is 7.05. The summed E-state index contributed by atoms with van der Waals surface area (Å²) in [5.74, 6) is 1.62. The maximum atomic E-state index is 6.39. The highest BCUT2D eigenvalue weighted by molar-refractivity contribution is 5.31. The highest BCUT2D eigenvalue weighted by Crippen LogP contribution is 2.33. The number of nitrogens with two attached hydrogens (primary N) is 1. The highest BCUT2D eigenvalue weighted by atomic mass is 14.7. The third-order valence-corrected chi connectivity index (χ3v) is 4.30. The van der Waals surface area contributed by atoms with Gasteiger partial charge in [-0.15, -0.1) is 0 Å². The number of benzene rings is 1. The van der Waals surface area contributed by atoms with Crippen LogP contribution in [0, 0.1) is 25.7 Å². The van der Waals surface area contributed by atoms with E-state index >= 15 is 0 Å². The Bertz CT molecular complexity index is 383. The van der Waals surface area contributed by atoms with E-state index in [1.807, 2.05) is 0 Å². The number of rotatable bonds is 3. The SMILES string of the molecule is Cc1ccc(C)c(CC(N)C2CCC(C)C2)c1. The number of hydrogen-bond acceptors (Lipinski definition) is 1. The molecule has 3 atom stereocenters. The molecule has 0 aromatic heterocycles. The lowest BCUT2D eigenvalue weighted by Crippen LogP contribution is -2.31. The first-order valence-corrected chi connectivity index (χ1v) is 6.88. The Kier molecular flexibility index (Phi) is 3.88. The van der Waals surface area contributed by atoms with Crippen LogP contribution < -0.4 is 5.73 Å². The Morgan fingerprint density at radius 3 is 2.71 bits per heavy atom. The van der Waals surface area contributed by atoms with Crippen molar-refractivity contribution in [1.82, 2.24) is 0 Å². The number of hydrogen-bond donors (Lipinski definition) is 1. The van der Waals surface area contributed by atoms with E-state index < -0.39 is 0 Å². The second-order valence-electron chi connectivity index (χ2n) is 5.98. The van der Waals surface area contributed by atoms with Gasteiger partial charge in [-0.05, 0) is 56.1 Å². The van der Waals surface area contributed by atoms with Gasteiger partial charge in [-0.25, -0.2) is 0 Å².